The highest BCUT2D eigenvalue weighted by atomic mass is 16.3. The van der Waals surface area contributed by atoms with E-state index in [2.05, 4.69) is 5.10 Å². The van der Waals surface area contributed by atoms with Crippen LogP contribution in [-0.4, -0.2) is 28.3 Å². The van der Waals surface area contributed by atoms with Crippen molar-refractivity contribution in [2.75, 3.05) is 0 Å². The summed E-state index contributed by atoms with van der Waals surface area (Å²) in [5.41, 5.74) is 0. The Bertz CT molecular complexity index is 331. The average Bonchev–Trinajstić information content (AvgIpc) is 2.46. The molecular formula is C9H10N2O2. The highest BCUT2D eigenvalue weighted by molar-refractivity contribution is 5.79. The molecule has 2 rings (SSSR count). The average molecular weight is 178 g/mol. The molecule has 1 aliphatic carbocycles. The zero-order valence-electron chi connectivity index (χ0n) is 7.21. The normalized spacial score (nSPS) is 30.2. The van der Waals surface area contributed by atoms with Gasteiger partial charge in [0.05, 0.1) is 6.04 Å². The Hall–Kier alpha value is -1.58. The lowest BCUT2D eigenvalue weighted by Crippen LogP contribution is -2.34. The van der Waals surface area contributed by atoms with E-state index in [1.165, 1.54) is 11.9 Å². The monoisotopic (exact) mass is 178 g/mol. The standard InChI is InChI=1S/C9H10N2O2/c1-6(12)11-9-3-2-8(13)4-7(9)5-10-11/h2-5,7,9,13H,1H3. The van der Waals surface area contributed by atoms with Crippen LogP contribution >= 0.6 is 0 Å². The molecule has 0 spiro atoms. The number of amides is 1. The lowest BCUT2D eigenvalue weighted by atomic mass is 9.96. The van der Waals surface area contributed by atoms with E-state index in [4.69, 9.17) is 0 Å². The first kappa shape index (κ1) is 8.04. The van der Waals surface area contributed by atoms with Crippen molar-refractivity contribution in [1.29, 1.82) is 0 Å². The van der Waals surface area contributed by atoms with Crippen molar-refractivity contribution in [2.45, 2.75) is 13.0 Å². The van der Waals surface area contributed by atoms with Gasteiger partial charge in [-0.05, 0) is 12.2 Å². The van der Waals surface area contributed by atoms with E-state index >= 15 is 0 Å². The van der Waals surface area contributed by atoms with Crippen molar-refractivity contribution < 1.29 is 9.90 Å². The first-order valence-corrected chi connectivity index (χ1v) is 4.11. The fourth-order valence-electron chi connectivity index (χ4n) is 1.57. The molecule has 0 aromatic rings. The van der Waals surface area contributed by atoms with Crippen LogP contribution in [0, 0.1) is 5.92 Å². The third kappa shape index (κ3) is 1.24. The summed E-state index contributed by atoms with van der Waals surface area (Å²) in [6.45, 7) is 1.48. The Morgan fingerprint density at radius 1 is 1.69 bits per heavy atom. The molecule has 2 unspecified atom stereocenters. The van der Waals surface area contributed by atoms with E-state index in [1.807, 2.05) is 0 Å². The van der Waals surface area contributed by atoms with Crippen LogP contribution in [-0.2, 0) is 4.79 Å². The number of aliphatic hydroxyl groups is 1. The summed E-state index contributed by atoms with van der Waals surface area (Å²) >= 11 is 0. The van der Waals surface area contributed by atoms with E-state index in [0.717, 1.165) is 0 Å². The summed E-state index contributed by atoms with van der Waals surface area (Å²) in [6, 6.07) is -0.0478. The first-order valence-electron chi connectivity index (χ1n) is 4.11. The molecule has 1 heterocycles. The fraction of sp³-hybridized carbons (Fsp3) is 0.333. The number of aliphatic hydroxyl groups excluding tert-OH is 1. The number of allylic oxidation sites excluding steroid dienone is 1. The Morgan fingerprint density at radius 3 is 3.15 bits per heavy atom. The number of nitrogens with zero attached hydrogens (tertiary/aromatic N) is 2. The fourth-order valence-corrected chi connectivity index (χ4v) is 1.57. The van der Waals surface area contributed by atoms with Crippen LogP contribution in [0.4, 0.5) is 0 Å². The van der Waals surface area contributed by atoms with Crippen LogP contribution in [0.15, 0.2) is 29.1 Å². The maximum atomic E-state index is 11.1. The zero-order chi connectivity index (χ0) is 9.42. The van der Waals surface area contributed by atoms with Gasteiger partial charge in [-0.2, -0.15) is 5.10 Å². The third-order valence-electron chi connectivity index (χ3n) is 2.19. The van der Waals surface area contributed by atoms with Crippen LogP contribution < -0.4 is 0 Å². The van der Waals surface area contributed by atoms with Gasteiger partial charge in [0.1, 0.15) is 5.76 Å². The van der Waals surface area contributed by atoms with Crippen molar-refractivity contribution in [3.63, 3.8) is 0 Å². The summed E-state index contributed by atoms with van der Waals surface area (Å²) < 4.78 is 0. The third-order valence-corrected chi connectivity index (χ3v) is 2.19. The summed E-state index contributed by atoms with van der Waals surface area (Å²) in [4.78, 5) is 11.1. The van der Waals surface area contributed by atoms with Gasteiger partial charge < -0.3 is 5.11 Å². The quantitative estimate of drug-likeness (QED) is 0.597. The Balaban J connectivity index is 2.24. The molecule has 13 heavy (non-hydrogen) atoms. The molecule has 1 amide bonds. The van der Waals surface area contributed by atoms with Gasteiger partial charge in [-0.1, -0.05) is 6.08 Å². The van der Waals surface area contributed by atoms with Gasteiger partial charge in [0.15, 0.2) is 0 Å². The van der Waals surface area contributed by atoms with E-state index < -0.39 is 0 Å². The number of rotatable bonds is 0. The molecule has 4 nitrogen and oxygen atoms in total. The lowest BCUT2D eigenvalue weighted by molar-refractivity contribution is -0.129. The molecule has 4 heteroatoms. The van der Waals surface area contributed by atoms with Gasteiger partial charge >= 0.3 is 0 Å². The van der Waals surface area contributed by atoms with Crippen LogP contribution in [0.2, 0.25) is 0 Å². The van der Waals surface area contributed by atoms with Crippen molar-refractivity contribution in [2.24, 2.45) is 11.0 Å². The molecule has 68 valence electrons. The Labute approximate surface area is 75.8 Å². The van der Waals surface area contributed by atoms with Crippen LogP contribution in [0.5, 0.6) is 0 Å². The van der Waals surface area contributed by atoms with Gasteiger partial charge in [-0.3, -0.25) is 4.79 Å². The number of fused-ring (bicyclic) bond motifs is 1. The first-order chi connectivity index (χ1) is 6.18. The van der Waals surface area contributed by atoms with Crippen molar-refractivity contribution in [1.82, 2.24) is 5.01 Å². The van der Waals surface area contributed by atoms with Gasteiger partial charge in [0.2, 0.25) is 5.91 Å². The van der Waals surface area contributed by atoms with Crippen LogP contribution in [0.3, 0.4) is 0 Å². The van der Waals surface area contributed by atoms with Gasteiger partial charge in [-0.25, -0.2) is 5.01 Å². The molecular weight excluding hydrogens is 168 g/mol. The minimum atomic E-state index is -0.0804. The largest absolute Gasteiger partial charge is 0.508 e. The summed E-state index contributed by atoms with van der Waals surface area (Å²) in [5, 5.41) is 14.6. The SMILES string of the molecule is CC(=O)N1N=CC2C=C(O)C=CC21. The van der Waals surface area contributed by atoms with E-state index in [9.17, 15) is 9.90 Å². The predicted octanol–water partition coefficient (Wildman–Crippen LogP) is 0.831. The number of hydrogen-bond donors (Lipinski definition) is 1. The highest BCUT2D eigenvalue weighted by Gasteiger charge is 2.31. The second kappa shape index (κ2) is 2.73. The maximum absolute atomic E-state index is 11.1. The zero-order valence-corrected chi connectivity index (χ0v) is 7.21. The summed E-state index contributed by atoms with van der Waals surface area (Å²) in [7, 11) is 0. The second-order valence-corrected chi connectivity index (χ2v) is 3.15. The minimum absolute atomic E-state index is 0.0221. The molecule has 0 fully saturated rings. The lowest BCUT2D eigenvalue weighted by Gasteiger charge is -2.22. The molecule has 0 bridgehead atoms. The van der Waals surface area contributed by atoms with Crippen molar-refractivity contribution >= 4 is 12.1 Å². The van der Waals surface area contributed by atoms with Crippen LogP contribution in [0.25, 0.3) is 0 Å². The summed E-state index contributed by atoms with van der Waals surface area (Å²) in [6.07, 6.45) is 6.74. The van der Waals surface area contributed by atoms with Gasteiger partial charge in [0, 0.05) is 19.1 Å². The predicted molar refractivity (Wildman–Crippen MR) is 48.1 cm³/mol. The molecule has 0 radical (unpaired) electrons. The molecule has 0 saturated heterocycles. The number of carbonyl (C=O) groups excluding carboxylic acids is 1. The molecule has 0 saturated carbocycles. The van der Waals surface area contributed by atoms with Crippen molar-refractivity contribution in [3.05, 3.63) is 24.0 Å². The molecule has 2 aliphatic rings. The smallest absolute Gasteiger partial charge is 0.240 e. The molecule has 0 aromatic carbocycles. The van der Waals surface area contributed by atoms with Crippen molar-refractivity contribution in [3.8, 4) is 0 Å². The number of hydrogen-bond acceptors (Lipinski definition) is 3. The molecule has 0 aromatic heterocycles. The maximum Gasteiger partial charge on any atom is 0.240 e. The topological polar surface area (TPSA) is 52.9 Å². The Kier molecular flexibility index (Phi) is 1.69. The molecule has 2 atom stereocenters. The van der Waals surface area contributed by atoms with E-state index in [0.29, 0.717) is 0 Å². The molecule has 1 N–H and O–H groups in total. The number of hydrazone groups is 1. The number of carbonyl (C=O) groups is 1. The highest BCUT2D eigenvalue weighted by Crippen LogP contribution is 2.24. The van der Waals surface area contributed by atoms with Gasteiger partial charge in [0.25, 0.3) is 0 Å². The second-order valence-electron chi connectivity index (χ2n) is 3.15. The van der Waals surface area contributed by atoms with E-state index in [-0.39, 0.29) is 23.6 Å². The molecule has 1 aliphatic heterocycles. The minimum Gasteiger partial charge on any atom is -0.508 e. The Morgan fingerprint density at radius 2 is 2.46 bits per heavy atom. The van der Waals surface area contributed by atoms with Crippen LogP contribution in [0.1, 0.15) is 6.92 Å². The summed E-state index contributed by atoms with van der Waals surface area (Å²) in [5.74, 6) is 0.176. The van der Waals surface area contributed by atoms with Gasteiger partial charge in [-0.15, -0.1) is 0 Å². The van der Waals surface area contributed by atoms with E-state index in [1.54, 1.807) is 24.4 Å².